The molecule has 1 aromatic carbocycles. The van der Waals surface area contributed by atoms with Gasteiger partial charge < -0.3 is 4.18 Å². The summed E-state index contributed by atoms with van der Waals surface area (Å²) in [6.07, 6.45) is 5.93. The Hall–Kier alpha value is -1.16. The van der Waals surface area contributed by atoms with Gasteiger partial charge in [0.15, 0.2) is 0 Å². The average molecular weight is 410 g/mol. The Morgan fingerprint density at radius 3 is 2.89 bits per heavy atom. The number of hydrogen-bond donors (Lipinski definition) is 1. The molecule has 1 aromatic rings. The summed E-state index contributed by atoms with van der Waals surface area (Å²) in [6, 6.07) is 4.23. The maximum Gasteiger partial charge on any atom is 0.260 e. The highest BCUT2D eigenvalue weighted by atomic mass is 32.2. The van der Waals surface area contributed by atoms with Gasteiger partial charge in [-0.2, -0.15) is 5.90 Å². The fraction of sp³-hybridized carbons (Fsp3) is 0.650. The normalized spacial score (nSPS) is 31.2. The largest absolute Gasteiger partial charge is 0.398 e. The second-order valence-electron chi connectivity index (χ2n) is 8.24. The van der Waals surface area contributed by atoms with Gasteiger partial charge in [-0.3, -0.25) is 4.79 Å². The lowest BCUT2D eigenvalue weighted by molar-refractivity contribution is -0.282. The first-order chi connectivity index (χ1) is 13.6. The molecule has 28 heavy (non-hydrogen) atoms. The fourth-order valence-electron chi connectivity index (χ4n) is 5.80. The van der Waals surface area contributed by atoms with E-state index in [2.05, 4.69) is 28.4 Å². The first kappa shape index (κ1) is 20.1. The lowest BCUT2D eigenvalue weighted by atomic mass is 9.55. The molecule has 0 heterocycles. The number of carbonyl (C=O) groups excluding carboxylic acids is 1. The molecule has 0 aliphatic heterocycles. The Kier molecular flexibility index (Phi) is 5.96. The highest BCUT2D eigenvalue weighted by molar-refractivity contribution is 7.90. The maximum absolute atomic E-state index is 12.5. The number of Topliss-reactive ketones (excluding diaryl/α,β-unsaturated/α-hetero) is 1. The van der Waals surface area contributed by atoms with E-state index in [1.54, 1.807) is 0 Å². The van der Waals surface area contributed by atoms with E-state index in [1.807, 2.05) is 0 Å². The summed E-state index contributed by atoms with van der Waals surface area (Å²) in [5.74, 6) is 7.55. The first-order valence-electron chi connectivity index (χ1n) is 9.80. The third-order valence-corrected chi connectivity index (χ3v) is 7.52. The summed E-state index contributed by atoms with van der Waals surface area (Å²) in [5.41, 5.74) is 3.42. The highest BCUT2D eigenvalue weighted by Crippen LogP contribution is 2.59. The van der Waals surface area contributed by atoms with Crippen LogP contribution in [0.2, 0.25) is 0 Å². The van der Waals surface area contributed by atoms with Gasteiger partial charge >= 0.3 is 0 Å². The topological polar surface area (TPSA) is 89.2 Å². The van der Waals surface area contributed by atoms with E-state index in [4.69, 9.17) is 19.9 Å². The molecule has 0 radical (unpaired) electrons. The zero-order valence-electron chi connectivity index (χ0n) is 16.3. The Morgan fingerprint density at radius 1 is 1.25 bits per heavy atom. The average Bonchev–Trinajstić information content (AvgIpc) is 3.01. The first-order valence-corrected chi connectivity index (χ1v) is 10.5. The molecule has 4 rings (SSSR count). The summed E-state index contributed by atoms with van der Waals surface area (Å²) < 4.78 is 10.1. The van der Waals surface area contributed by atoms with Crippen molar-refractivity contribution in [1.82, 2.24) is 0 Å². The van der Waals surface area contributed by atoms with Crippen LogP contribution in [0.1, 0.15) is 61.6 Å². The molecule has 3 aliphatic rings. The van der Waals surface area contributed by atoms with Crippen LogP contribution in [0.3, 0.4) is 0 Å². The standard InChI is InChI=1S/C20H27NO6S/c1-20-8-7-14-15(17(20)5-6-19(20)22)4-3-12-10-18(25-28-27-26-21)13(9-16(12)14)11-24-23-2/h9-10,14-15,17H,3-8,11,21H2,1-2H3. The van der Waals surface area contributed by atoms with Crippen molar-refractivity contribution in [2.75, 3.05) is 7.11 Å². The van der Waals surface area contributed by atoms with E-state index in [0.717, 1.165) is 44.1 Å². The number of hydrogen-bond acceptors (Lipinski definition) is 8. The van der Waals surface area contributed by atoms with Crippen LogP contribution in [0.5, 0.6) is 5.75 Å². The van der Waals surface area contributed by atoms with Gasteiger partial charge in [0, 0.05) is 17.4 Å². The van der Waals surface area contributed by atoms with Crippen LogP contribution in [0.4, 0.5) is 0 Å². The van der Waals surface area contributed by atoms with Gasteiger partial charge in [0.2, 0.25) is 0 Å². The molecule has 7 nitrogen and oxygen atoms in total. The molecule has 2 saturated carbocycles. The van der Waals surface area contributed by atoms with Crippen molar-refractivity contribution in [1.29, 1.82) is 0 Å². The highest BCUT2D eigenvalue weighted by Gasteiger charge is 2.54. The van der Waals surface area contributed by atoms with E-state index >= 15 is 0 Å². The molecule has 0 aromatic heterocycles. The van der Waals surface area contributed by atoms with Crippen LogP contribution >= 0.6 is 12.3 Å². The number of nitrogens with two attached hydrogens (primary N) is 1. The predicted octanol–water partition coefficient (Wildman–Crippen LogP) is 3.95. The third-order valence-electron chi connectivity index (χ3n) is 7.14. The minimum absolute atomic E-state index is 0.111. The van der Waals surface area contributed by atoms with E-state index in [-0.39, 0.29) is 12.0 Å². The Bertz CT molecular complexity index is 744. The predicted molar refractivity (Wildman–Crippen MR) is 102 cm³/mol. The van der Waals surface area contributed by atoms with Gasteiger partial charge in [-0.25, -0.2) is 9.78 Å². The quantitative estimate of drug-likeness (QED) is 0.313. The third kappa shape index (κ3) is 3.46. The number of ketones is 1. The van der Waals surface area contributed by atoms with Crippen LogP contribution in [0.25, 0.3) is 0 Å². The van der Waals surface area contributed by atoms with Crippen molar-refractivity contribution in [2.45, 2.75) is 58.0 Å². The molecule has 2 fully saturated rings. The summed E-state index contributed by atoms with van der Waals surface area (Å²) in [7, 11) is 1.48. The fourth-order valence-corrected chi connectivity index (χ4v) is 6.08. The van der Waals surface area contributed by atoms with Crippen molar-refractivity contribution in [3.8, 4) is 5.75 Å². The monoisotopic (exact) mass is 409 g/mol. The van der Waals surface area contributed by atoms with Crippen LogP contribution in [0, 0.1) is 17.3 Å². The van der Waals surface area contributed by atoms with Crippen LogP contribution in [-0.4, -0.2) is 12.9 Å². The Labute approximate surface area is 169 Å². The van der Waals surface area contributed by atoms with Crippen LogP contribution in [0.15, 0.2) is 12.1 Å². The van der Waals surface area contributed by atoms with Gasteiger partial charge in [0.25, 0.3) is 12.3 Å². The second-order valence-corrected chi connectivity index (χ2v) is 8.68. The zero-order chi connectivity index (χ0) is 19.7. The number of benzene rings is 1. The lowest BCUT2D eigenvalue weighted by Crippen LogP contribution is -2.42. The van der Waals surface area contributed by atoms with E-state index in [0.29, 0.717) is 41.6 Å². The van der Waals surface area contributed by atoms with Crippen molar-refractivity contribution in [3.63, 3.8) is 0 Å². The number of aryl methyl sites for hydroxylation is 1. The van der Waals surface area contributed by atoms with E-state index in [1.165, 1.54) is 18.2 Å². The molecular formula is C20H27NO6S. The van der Waals surface area contributed by atoms with Crippen molar-refractivity contribution >= 4 is 18.1 Å². The number of carbonyl (C=O) groups is 1. The molecule has 2 N–H and O–H groups in total. The molecule has 3 aliphatic carbocycles. The van der Waals surface area contributed by atoms with Gasteiger partial charge in [-0.1, -0.05) is 6.92 Å². The molecule has 0 saturated heterocycles. The van der Waals surface area contributed by atoms with Crippen LogP contribution in [-0.2, 0) is 36.9 Å². The molecule has 154 valence electrons. The molecule has 4 atom stereocenters. The summed E-state index contributed by atoms with van der Waals surface area (Å²) in [4.78, 5) is 26.5. The maximum atomic E-state index is 12.5. The SMILES string of the molecule is COOCc1cc2c(cc1OSOON)CCC1C2CCC2(C)C(=O)CCC12. The Morgan fingerprint density at radius 2 is 2.11 bits per heavy atom. The smallest absolute Gasteiger partial charge is 0.260 e. The molecule has 4 unspecified atom stereocenters. The molecule has 8 heteroatoms. The minimum atomic E-state index is -0.111. The lowest BCUT2D eigenvalue weighted by Gasteiger charge is -2.48. The second kappa shape index (κ2) is 8.30. The van der Waals surface area contributed by atoms with E-state index in [9.17, 15) is 4.79 Å². The summed E-state index contributed by atoms with van der Waals surface area (Å²) >= 11 is 0.659. The summed E-state index contributed by atoms with van der Waals surface area (Å²) in [6.45, 7) is 2.46. The summed E-state index contributed by atoms with van der Waals surface area (Å²) in [5, 5.41) is 0. The molecule has 0 spiro atoms. The van der Waals surface area contributed by atoms with Crippen molar-refractivity contribution in [3.05, 3.63) is 28.8 Å². The zero-order valence-corrected chi connectivity index (χ0v) is 17.1. The molecular weight excluding hydrogens is 382 g/mol. The van der Waals surface area contributed by atoms with Gasteiger partial charge in [0.05, 0.1) is 7.11 Å². The van der Waals surface area contributed by atoms with Gasteiger partial charge in [0.1, 0.15) is 18.1 Å². The number of fused-ring (bicyclic) bond motifs is 5. The van der Waals surface area contributed by atoms with Crippen molar-refractivity contribution < 1.29 is 28.1 Å². The molecule has 0 amide bonds. The van der Waals surface area contributed by atoms with Gasteiger partial charge in [-0.05, 0) is 73.1 Å². The van der Waals surface area contributed by atoms with E-state index < -0.39 is 0 Å². The van der Waals surface area contributed by atoms with Crippen LogP contribution < -0.4 is 10.1 Å². The van der Waals surface area contributed by atoms with Gasteiger partial charge in [-0.15, -0.1) is 9.32 Å². The molecule has 0 bridgehead atoms. The van der Waals surface area contributed by atoms with Crippen molar-refractivity contribution in [2.24, 2.45) is 23.1 Å². The number of rotatable bonds is 7. The minimum Gasteiger partial charge on any atom is -0.398 e. The Balaban J connectivity index is 1.63.